The van der Waals surface area contributed by atoms with Gasteiger partial charge in [-0.1, -0.05) is 44.2 Å². The van der Waals surface area contributed by atoms with Gasteiger partial charge in [0.15, 0.2) is 5.13 Å². The number of anilines is 1. The Balaban J connectivity index is 2.08. The van der Waals surface area contributed by atoms with Crippen molar-refractivity contribution < 1.29 is 14.7 Å². The minimum absolute atomic E-state index is 0.437. The van der Waals surface area contributed by atoms with Crippen LogP contribution in [0.3, 0.4) is 0 Å². The second kappa shape index (κ2) is 5.69. The summed E-state index contributed by atoms with van der Waals surface area (Å²) in [5, 5.41) is 14.7. The van der Waals surface area contributed by atoms with Gasteiger partial charge >= 0.3 is 12.0 Å². The molecule has 6 nitrogen and oxygen atoms in total. The molecule has 1 aromatic carbocycles. The molecule has 0 aliphatic heterocycles. The number of hydrogen-bond donors (Lipinski definition) is 3. The maximum absolute atomic E-state index is 11.9. The number of rotatable bonds is 3. The van der Waals surface area contributed by atoms with Crippen LogP contribution >= 0.6 is 11.3 Å². The maximum atomic E-state index is 11.9. The molecule has 2 aromatic rings. The highest BCUT2D eigenvalue weighted by Crippen LogP contribution is 2.25. The number of thiazole rings is 1. The van der Waals surface area contributed by atoms with Gasteiger partial charge in [0.1, 0.15) is 6.04 Å². The zero-order valence-corrected chi connectivity index (χ0v) is 12.8. The van der Waals surface area contributed by atoms with Crippen molar-refractivity contribution in [3.05, 3.63) is 24.3 Å². The molecule has 0 fully saturated rings. The van der Waals surface area contributed by atoms with Crippen LogP contribution in [0.25, 0.3) is 10.2 Å². The molecule has 21 heavy (non-hydrogen) atoms. The van der Waals surface area contributed by atoms with E-state index in [4.69, 9.17) is 0 Å². The standard InChI is InChI=1S/C14H17N3O3S/c1-14(2,3)10(11(18)19)16-12(20)17-13-15-8-6-4-5-7-9(8)21-13/h4-7,10H,1-3H3,(H,18,19)(H2,15,16,17,20). The highest BCUT2D eigenvalue weighted by Gasteiger charge is 2.32. The molecular formula is C14H17N3O3S. The van der Waals surface area contributed by atoms with Crippen molar-refractivity contribution in [3.63, 3.8) is 0 Å². The molecule has 1 atom stereocenters. The highest BCUT2D eigenvalue weighted by atomic mass is 32.1. The number of carboxylic acid groups (broad SMARTS) is 1. The minimum atomic E-state index is -1.07. The molecule has 3 N–H and O–H groups in total. The molecule has 1 heterocycles. The molecule has 112 valence electrons. The third kappa shape index (κ3) is 3.69. The summed E-state index contributed by atoms with van der Waals surface area (Å²) >= 11 is 1.34. The van der Waals surface area contributed by atoms with Gasteiger partial charge in [-0.2, -0.15) is 0 Å². The van der Waals surface area contributed by atoms with Crippen LogP contribution in [0.2, 0.25) is 0 Å². The third-order valence-corrected chi connectivity index (χ3v) is 3.85. The number of aromatic nitrogens is 1. The first-order chi connectivity index (χ1) is 9.77. The second-order valence-electron chi connectivity index (χ2n) is 5.72. The predicted octanol–water partition coefficient (Wildman–Crippen LogP) is 2.92. The van der Waals surface area contributed by atoms with Crippen molar-refractivity contribution in [1.82, 2.24) is 10.3 Å². The summed E-state index contributed by atoms with van der Waals surface area (Å²) in [6.07, 6.45) is 0. The lowest BCUT2D eigenvalue weighted by molar-refractivity contribution is -0.141. The van der Waals surface area contributed by atoms with Crippen molar-refractivity contribution in [1.29, 1.82) is 0 Å². The Morgan fingerprint density at radius 2 is 1.95 bits per heavy atom. The van der Waals surface area contributed by atoms with Crippen LogP contribution in [0.5, 0.6) is 0 Å². The lowest BCUT2D eigenvalue weighted by atomic mass is 9.87. The fourth-order valence-electron chi connectivity index (χ4n) is 1.84. The molecule has 1 aromatic heterocycles. The van der Waals surface area contributed by atoms with E-state index < -0.39 is 23.5 Å². The predicted molar refractivity (Wildman–Crippen MR) is 82.7 cm³/mol. The van der Waals surface area contributed by atoms with Gasteiger partial charge in [-0.3, -0.25) is 5.32 Å². The Kier molecular flexibility index (Phi) is 4.13. The van der Waals surface area contributed by atoms with Gasteiger partial charge in [0.25, 0.3) is 0 Å². The Morgan fingerprint density at radius 3 is 2.52 bits per heavy atom. The van der Waals surface area contributed by atoms with Crippen LogP contribution in [0, 0.1) is 5.41 Å². The van der Waals surface area contributed by atoms with Gasteiger partial charge in [-0.15, -0.1) is 0 Å². The molecule has 2 rings (SSSR count). The molecule has 0 saturated heterocycles. The van der Waals surface area contributed by atoms with Crippen LogP contribution in [0.1, 0.15) is 20.8 Å². The van der Waals surface area contributed by atoms with Gasteiger partial charge in [-0.25, -0.2) is 14.6 Å². The first kappa shape index (κ1) is 15.2. The van der Waals surface area contributed by atoms with Crippen molar-refractivity contribution in [2.45, 2.75) is 26.8 Å². The number of nitrogens with zero attached hydrogens (tertiary/aromatic N) is 1. The summed E-state index contributed by atoms with van der Waals surface area (Å²) in [5.41, 5.74) is 0.208. The Hall–Kier alpha value is -2.15. The van der Waals surface area contributed by atoms with Gasteiger partial charge in [0.05, 0.1) is 10.2 Å². The molecular weight excluding hydrogens is 290 g/mol. The smallest absolute Gasteiger partial charge is 0.326 e. The summed E-state index contributed by atoms with van der Waals surface area (Å²) in [4.78, 5) is 27.4. The Bertz CT molecular complexity index is 642. The van der Waals surface area contributed by atoms with E-state index in [1.54, 1.807) is 20.8 Å². The summed E-state index contributed by atoms with van der Waals surface area (Å²) in [7, 11) is 0. The van der Waals surface area contributed by atoms with Gasteiger partial charge in [0.2, 0.25) is 0 Å². The van der Waals surface area contributed by atoms with E-state index in [1.807, 2.05) is 24.3 Å². The number of carbonyl (C=O) groups excluding carboxylic acids is 1. The molecule has 0 bridgehead atoms. The van der Waals surface area contributed by atoms with E-state index in [9.17, 15) is 14.7 Å². The molecule has 0 saturated carbocycles. The van der Waals surface area contributed by atoms with Gasteiger partial charge in [-0.05, 0) is 17.5 Å². The number of aliphatic carboxylic acids is 1. The van der Waals surface area contributed by atoms with E-state index >= 15 is 0 Å². The van der Waals surface area contributed by atoms with Crippen LogP contribution in [0.15, 0.2) is 24.3 Å². The fourth-order valence-corrected chi connectivity index (χ4v) is 2.70. The second-order valence-corrected chi connectivity index (χ2v) is 6.75. The highest BCUT2D eigenvalue weighted by molar-refractivity contribution is 7.22. The third-order valence-electron chi connectivity index (χ3n) is 2.90. The van der Waals surface area contributed by atoms with Crippen molar-refractivity contribution in [2.75, 3.05) is 5.32 Å². The average Bonchev–Trinajstić information content (AvgIpc) is 2.76. The van der Waals surface area contributed by atoms with E-state index in [0.29, 0.717) is 5.13 Å². The summed E-state index contributed by atoms with van der Waals surface area (Å²) in [6.45, 7) is 5.26. The Labute approximate surface area is 126 Å². The molecule has 0 radical (unpaired) electrons. The zero-order chi connectivity index (χ0) is 15.6. The normalized spacial score (nSPS) is 12.9. The fraction of sp³-hybridized carbons (Fsp3) is 0.357. The number of urea groups is 1. The zero-order valence-electron chi connectivity index (χ0n) is 12.0. The van der Waals surface area contributed by atoms with E-state index in [0.717, 1.165) is 10.2 Å². The quantitative estimate of drug-likeness (QED) is 0.813. The summed E-state index contributed by atoms with van der Waals surface area (Å²) in [5.74, 6) is -1.07. The SMILES string of the molecule is CC(C)(C)C(NC(=O)Nc1nc2ccccc2s1)C(=O)O. The molecule has 0 spiro atoms. The molecule has 7 heteroatoms. The minimum Gasteiger partial charge on any atom is -0.480 e. The lowest BCUT2D eigenvalue weighted by Gasteiger charge is -2.27. The van der Waals surface area contributed by atoms with E-state index in [-0.39, 0.29) is 0 Å². The van der Waals surface area contributed by atoms with Gasteiger partial charge in [0, 0.05) is 0 Å². The number of hydrogen-bond acceptors (Lipinski definition) is 4. The number of fused-ring (bicyclic) bond motifs is 1. The van der Waals surface area contributed by atoms with Crippen molar-refractivity contribution >= 4 is 38.7 Å². The topological polar surface area (TPSA) is 91.3 Å². The molecule has 2 amide bonds. The molecule has 0 aliphatic carbocycles. The van der Waals surface area contributed by atoms with Crippen LogP contribution in [0.4, 0.5) is 9.93 Å². The number of benzene rings is 1. The number of carbonyl (C=O) groups is 2. The number of amides is 2. The maximum Gasteiger partial charge on any atom is 0.326 e. The largest absolute Gasteiger partial charge is 0.480 e. The molecule has 1 unspecified atom stereocenters. The summed E-state index contributed by atoms with van der Waals surface area (Å²) in [6, 6.07) is 5.97. The van der Waals surface area contributed by atoms with Crippen LogP contribution in [-0.4, -0.2) is 28.1 Å². The van der Waals surface area contributed by atoms with Crippen molar-refractivity contribution in [3.8, 4) is 0 Å². The summed E-state index contributed by atoms with van der Waals surface area (Å²) < 4.78 is 0.957. The number of nitrogens with one attached hydrogen (secondary N) is 2. The van der Waals surface area contributed by atoms with Crippen LogP contribution in [-0.2, 0) is 4.79 Å². The first-order valence-electron chi connectivity index (χ1n) is 6.43. The van der Waals surface area contributed by atoms with E-state index in [1.165, 1.54) is 11.3 Å². The average molecular weight is 307 g/mol. The lowest BCUT2D eigenvalue weighted by Crippen LogP contribution is -2.50. The first-order valence-corrected chi connectivity index (χ1v) is 7.25. The van der Waals surface area contributed by atoms with E-state index in [2.05, 4.69) is 15.6 Å². The number of carboxylic acids is 1. The van der Waals surface area contributed by atoms with Crippen molar-refractivity contribution in [2.24, 2.45) is 5.41 Å². The number of para-hydroxylation sites is 1. The van der Waals surface area contributed by atoms with Gasteiger partial charge < -0.3 is 10.4 Å². The Morgan fingerprint density at radius 1 is 1.29 bits per heavy atom. The van der Waals surface area contributed by atoms with Crippen LogP contribution < -0.4 is 10.6 Å². The molecule has 0 aliphatic rings. The monoisotopic (exact) mass is 307 g/mol.